The molecule has 0 saturated carbocycles. The molecule has 0 saturated heterocycles. The molecule has 0 bridgehead atoms. The fourth-order valence-electron chi connectivity index (χ4n) is 1.15. The van der Waals surface area contributed by atoms with E-state index in [9.17, 15) is 0 Å². The highest BCUT2D eigenvalue weighted by Gasteiger charge is 1.99. The molecular formula is C11H20N4O. The zero-order valence-corrected chi connectivity index (χ0v) is 9.94. The molecule has 16 heavy (non-hydrogen) atoms. The molecular weight excluding hydrogens is 204 g/mol. The van der Waals surface area contributed by atoms with Gasteiger partial charge in [-0.1, -0.05) is 6.92 Å². The molecule has 0 amide bonds. The fraction of sp³-hybridized carbons (Fsp3) is 0.636. The van der Waals surface area contributed by atoms with Crippen LogP contribution in [0.3, 0.4) is 0 Å². The molecule has 5 heteroatoms. The maximum atomic E-state index is 5.65. The molecule has 3 N–H and O–H groups in total. The third-order valence-corrected chi connectivity index (χ3v) is 2.00. The van der Waals surface area contributed by atoms with E-state index in [-0.39, 0.29) is 6.04 Å². The zero-order valence-electron chi connectivity index (χ0n) is 9.94. The summed E-state index contributed by atoms with van der Waals surface area (Å²) in [4.78, 5) is 8.12. The van der Waals surface area contributed by atoms with Crippen LogP contribution in [0.1, 0.15) is 26.7 Å². The van der Waals surface area contributed by atoms with Crippen LogP contribution in [0.5, 0.6) is 5.88 Å². The second kappa shape index (κ2) is 7.00. The van der Waals surface area contributed by atoms with Gasteiger partial charge in [-0.2, -0.15) is 0 Å². The highest BCUT2D eigenvalue weighted by atomic mass is 16.5. The van der Waals surface area contributed by atoms with Crippen molar-refractivity contribution in [2.45, 2.75) is 32.7 Å². The van der Waals surface area contributed by atoms with Crippen molar-refractivity contribution < 1.29 is 4.74 Å². The van der Waals surface area contributed by atoms with Gasteiger partial charge in [-0.05, 0) is 19.8 Å². The first kappa shape index (κ1) is 12.7. The SMILES string of the molecule is CCCOc1cc(NCCC(C)N)ncn1. The lowest BCUT2D eigenvalue weighted by Gasteiger charge is -2.08. The second-order valence-corrected chi connectivity index (χ2v) is 3.78. The fourth-order valence-corrected chi connectivity index (χ4v) is 1.15. The lowest BCUT2D eigenvalue weighted by Crippen LogP contribution is -2.19. The van der Waals surface area contributed by atoms with Crippen molar-refractivity contribution in [1.82, 2.24) is 9.97 Å². The van der Waals surface area contributed by atoms with Crippen LogP contribution in [0.4, 0.5) is 5.82 Å². The molecule has 1 rings (SSSR count). The Morgan fingerprint density at radius 3 is 3.00 bits per heavy atom. The van der Waals surface area contributed by atoms with Crippen LogP contribution < -0.4 is 15.8 Å². The largest absolute Gasteiger partial charge is 0.478 e. The average molecular weight is 224 g/mol. The van der Waals surface area contributed by atoms with Gasteiger partial charge in [-0.3, -0.25) is 0 Å². The van der Waals surface area contributed by atoms with Crippen LogP contribution >= 0.6 is 0 Å². The normalized spacial score (nSPS) is 12.2. The third-order valence-electron chi connectivity index (χ3n) is 2.00. The Kier molecular flexibility index (Phi) is 5.56. The highest BCUT2D eigenvalue weighted by molar-refractivity contribution is 5.36. The van der Waals surface area contributed by atoms with Crippen molar-refractivity contribution in [3.63, 3.8) is 0 Å². The number of aromatic nitrogens is 2. The summed E-state index contributed by atoms with van der Waals surface area (Å²) in [6, 6.07) is 2.00. The predicted octanol–water partition coefficient (Wildman–Crippen LogP) is 1.41. The van der Waals surface area contributed by atoms with Crippen LogP contribution in [-0.4, -0.2) is 29.2 Å². The molecule has 1 unspecified atom stereocenters. The topological polar surface area (TPSA) is 73.1 Å². The lowest BCUT2D eigenvalue weighted by atomic mass is 10.2. The average Bonchev–Trinajstić information content (AvgIpc) is 2.26. The molecule has 0 aliphatic rings. The van der Waals surface area contributed by atoms with Gasteiger partial charge < -0.3 is 15.8 Å². The van der Waals surface area contributed by atoms with Gasteiger partial charge >= 0.3 is 0 Å². The van der Waals surface area contributed by atoms with Gasteiger partial charge in [-0.25, -0.2) is 9.97 Å². The Morgan fingerprint density at radius 2 is 2.31 bits per heavy atom. The summed E-state index contributed by atoms with van der Waals surface area (Å²) in [5.41, 5.74) is 5.65. The maximum Gasteiger partial charge on any atom is 0.218 e. The first-order chi connectivity index (χ1) is 7.72. The van der Waals surface area contributed by atoms with Crippen molar-refractivity contribution in [2.24, 2.45) is 5.73 Å². The quantitative estimate of drug-likeness (QED) is 0.732. The van der Waals surface area contributed by atoms with Crippen molar-refractivity contribution in [2.75, 3.05) is 18.5 Å². The van der Waals surface area contributed by atoms with Crippen molar-refractivity contribution in [1.29, 1.82) is 0 Å². The van der Waals surface area contributed by atoms with Gasteiger partial charge in [0, 0.05) is 18.7 Å². The number of nitrogens with two attached hydrogens (primary N) is 1. The molecule has 0 radical (unpaired) electrons. The molecule has 1 atom stereocenters. The van der Waals surface area contributed by atoms with E-state index < -0.39 is 0 Å². The van der Waals surface area contributed by atoms with E-state index in [1.54, 1.807) is 6.07 Å². The summed E-state index contributed by atoms with van der Waals surface area (Å²) in [5, 5.41) is 3.18. The predicted molar refractivity (Wildman–Crippen MR) is 64.6 cm³/mol. The first-order valence-electron chi connectivity index (χ1n) is 5.66. The third kappa shape index (κ3) is 4.93. The van der Waals surface area contributed by atoms with Crippen LogP contribution in [0.15, 0.2) is 12.4 Å². The van der Waals surface area contributed by atoms with Gasteiger partial charge in [0.25, 0.3) is 0 Å². The smallest absolute Gasteiger partial charge is 0.218 e. The summed E-state index contributed by atoms with van der Waals surface area (Å²) in [5.74, 6) is 1.39. The number of anilines is 1. The Balaban J connectivity index is 2.40. The number of rotatable bonds is 7. The van der Waals surface area contributed by atoms with E-state index >= 15 is 0 Å². The highest BCUT2D eigenvalue weighted by Crippen LogP contribution is 2.11. The van der Waals surface area contributed by atoms with Crippen molar-refractivity contribution >= 4 is 5.82 Å². The van der Waals surface area contributed by atoms with E-state index in [4.69, 9.17) is 10.5 Å². The van der Waals surface area contributed by atoms with Gasteiger partial charge in [-0.15, -0.1) is 0 Å². The monoisotopic (exact) mass is 224 g/mol. The van der Waals surface area contributed by atoms with E-state index in [0.29, 0.717) is 12.5 Å². The molecule has 0 spiro atoms. The van der Waals surface area contributed by atoms with E-state index in [0.717, 1.165) is 25.2 Å². The molecule has 1 heterocycles. The molecule has 0 aliphatic heterocycles. The summed E-state index contributed by atoms with van der Waals surface area (Å²) in [7, 11) is 0. The standard InChI is InChI=1S/C11H20N4O/c1-3-6-16-11-7-10(14-8-15-11)13-5-4-9(2)12/h7-9H,3-6,12H2,1-2H3,(H,13,14,15). The summed E-state index contributed by atoms with van der Waals surface area (Å²) >= 11 is 0. The Hall–Kier alpha value is -1.36. The molecule has 90 valence electrons. The van der Waals surface area contributed by atoms with Crippen LogP contribution in [-0.2, 0) is 0 Å². The summed E-state index contributed by atoms with van der Waals surface area (Å²) < 4.78 is 5.41. The van der Waals surface area contributed by atoms with Crippen LogP contribution in [0.25, 0.3) is 0 Å². The second-order valence-electron chi connectivity index (χ2n) is 3.78. The number of nitrogens with zero attached hydrogens (tertiary/aromatic N) is 2. The summed E-state index contributed by atoms with van der Waals surface area (Å²) in [6.07, 6.45) is 3.38. The molecule has 1 aromatic rings. The number of hydrogen-bond acceptors (Lipinski definition) is 5. The molecule has 0 aromatic carbocycles. The van der Waals surface area contributed by atoms with Gasteiger partial charge in [0.05, 0.1) is 6.61 Å². The number of ether oxygens (including phenoxy) is 1. The maximum absolute atomic E-state index is 5.65. The van der Waals surface area contributed by atoms with E-state index in [2.05, 4.69) is 22.2 Å². The minimum absolute atomic E-state index is 0.199. The minimum Gasteiger partial charge on any atom is -0.478 e. The van der Waals surface area contributed by atoms with Gasteiger partial charge in [0.15, 0.2) is 0 Å². The lowest BCUT2D eigenvalue weighted by molar-refractivity contribution is 0.305. The Labute approximate surface area is 96.4 Å². The van der Waals surface area contributed by atoms with Crippen LogP contribution in [0.2, 0.25) is 0 Å². The summed E-state index contributed by atoms with van der Waals surface area (Å²) in [6.45, 7) is 5.53. The molecule has 5 nitrogen and oxygen atoms in total. The Morgan fingerprint density at radius 1 is 1.50 bits per heavy atom. The van der Waals surface area contributed by atoms with Gasteiger partial charge in [0.1, 0.15) is 12.1 Å². The Bertz CT molecular complexity index is 304. The van der Waals surface area contributed by atoms with Crippen LogP contribution in [0, 0.1) is 0 Å². The molecule has 1 aromatic heterocycles. The van der Waals surface area contributed by atoms with Crippen molar-refractivity contribution in [3.05, 3.63) is 12.4 Å². The number of nitrogens with one attached hydrogen (secondary N) is 1. The first-order valence-corrected chi connectivity index (χ1v) is 5.66. The van der Waals surface area contributed by atoms with Crippen molar-refractivity contribution in [3.8, 4) is 5.88 Å². The van der Waals surface area contributed by atoms with E-state index in [1.807, 2.05) is 6.92 Å². The minimum atomic E-state index is 0.199. The molecule has 0 aliphatic carbocycles. The zero-order chi connectivity index (χ0) is 11.8. The van der Waals surface area contributed by atoms with E-state index in [1.165, 1.54) is 6.33 Å². The van der Waals surface area contributed by atoms with Gasteiger partial charge in [0.2, 0.25) is 5.88 Å². The molecule has 0 fully saturated rings. The number of hydrogen-bond donors (Lipinski definition) is 2.